The Balaban J connectivity index is 1.36. The third-order valence-corrected chi connectivity index (χ3v) is 6.43. The van der Waals surface area contributed by atoms with Gasteiger partial charge in [-0.3, -0.25) is 4.79 Å². The van der Waals surface area contributed by atoms with E-state index in [1.807, 2.05) is 35.2 Å². The largest absolute Gasteiger partial charge is 0.484 e. The maximum atomic E-state index is 12.9. The van der Waals surface area contributed by atoms with E-state index in [1.165, 1.54) is 19.3 Å². The lowest BCUT2D eigenvalue weighted by molar-refractivity contribution is -0.134. The smallest absolute Gasteiger partial charge is 0.260 e. The average molecular weight is 438 g/mol. The van der Waals surface area contributed by atoms with Crippen molar-refractivity contribution in [3.8, 4) is 5.75 Å². The van der Waals surface area contributed by atoms with Crippen LogP contribution in [0.2, 0.25) is 0 Å². The van der Waals surface area contributed by atoms with Gasteiger partial charge in [-0.15, -0.1) is 0 Å². The molecule has 0 N–H and O–H groups in total. The molecular formula is C24H31N5O3. The van der Waals surface area contributed by atoms with Crippen LogP contribution in [0.3, 0.4) is 0 Å². The third-order valence-electron chi connectivity index (χ3n) is 6.43. The molecule has 0 spiro atoms. The molecular weight excluding hydrogens is 406 g/mol. The quantitative estimate of drug-likeness (QED) is 0.711. The standard InChI is InChI=1S/C24H31N5O3/c30-22(18-32-19-7-3-1-4-8-19)29-12-9-21-20(17-29)23(27-10-5-2-6-11-27)26-24(25-21)28-13-15-31-16-14-28/h1,3-4,7-8H,2,5-6,9-18H2. The number of piperidine rings is 1. The Morgan fingerprint density at radius 2 is 1.72 bits per heavy atom. The highest BCUT2D eigenvalue weighted by Crippen LogP contribution is 2.31. The Kier molecular flexibility index (Phi) is 6.39. The van der Waals surface area contributed by atoms with Gasteiger partial charge in [-0.05, 0) is 31.4 Å². The van der Waals surface area contributed by atoms with Crippen molar-refractivity contribution >= 4 is 17.7 Å². The first-order valence-electron chi connectivity index (χ1n) is 11.7. The predicted molar refractivity (Wildman–Crippen MR) is 122 cm³/mol. The number of aromatic nitrogens is 2. The molecule has 3 aliphatic heterocycles. The van der Waals surface area contributed by atoms with Gasteiger partial charge in [0.25, 0.3) is 5.91 Å². The second-order valence-corrected chi connectivity index (χ2v) is 8.59. The first kappa shape index (κ1) is 21.0. The van der Waals surface area contributed by atoms with Gasteiger partial charge in [-0.1, -0.05) is 18.2 Å². The zero-order chi connectivity index (χ0) is 21.8. The summed E-state index contributed by atoms with van der Waals surface area (Å²) in [7, 11) is 0. The molecule has 1 aromatic heterocycles. The average Bonchev–Trinajstić information content (AvgIpc) is 2.88. The minimum Gasteiger partial charge on any atom is -0.484 e. The number of anilines is 2. The summed E-state index contributed by atoms with van der Waals surface area (Å²) in [4.78, 5) is 29.4. The van der Waals surface area contributed by atoms with Gasteiger partial charge in [-0.25, -0.2) is 4.98 Å². The highest BCUT2D eigenvalue weighted by atomic mass is 16.5. The van der Waals surface area contributed by atoms with Crippen molar-refractivity contribution in [3.05, 3.63) is 41.6 Å². The summed E-state index contributed by atoms with van der Waals surface area (Å²) in [6, 6.07) is 9.49. The van der Waals surface area contributed by atoms with E-state index in [2.05, 4.69) is 9.80 Å². The topological polar surface area (TPSA) is 71.0 Å². The Bertz CT molecular complexity index is 927. The lowest BCUT2D eigenvalue weighted by Gasteiger charge is -2.36. The minimum absolute atomic E-state index is 0.00125. The van der Waals surface area contributed by atoms with Crippen LogP contribution in [0.4, 0.5) is 11.8 Å². The number of morpholine rings is 1. The summed E-state index contributed by atoms with van der Waals surface area (Å²) >= 11 is 0. The minimum atomic E-state index is 0.00125. The van der Waals surface area contributed by atoms with Gasteiger partial charge in [0.05, 0.1) is 25.5 Å². The van der Waals surface area contributed by atoms with Crippen LogP contribution in [-0.4, -0.2) is 73.3 Å². The SMILES string of the molecule is O=C(COc1ccccc1)N1CCc2nc(N3CCOCC3)nc(N3CCCCC3)c2C1. The summed E-state index contributed by atoms with van der Waals surface area (Å²) in [5.41, 5.74) is 2.18. The molecule has 2 saturated heterocycles. The third kappa shape index (κ3) is 4.65. The molecule has 170 valence electrons. The number of hydrogen-bond donors (Lipinski definition) is 0. The van der Waals surface area contributed by atoms with Crippen molar-refractivity contribution in [3.63, 3.8) is 0 Å². The van der Waals surface area contributed by atoms with Crippen LogP contribution in [0.25, 0.3) is 0 Å². The van der Waals surface area contributed by atoms with Gasteiger partial charge >= 0.3 is 0 Å². The van der Waals surface area contributed by atoms with Crippen molar-refractivity contribution in [2.24, 2.45) is 0 Å². The molecule has 32 heavy (non-hydrogen) atoms. The van der Waals surface area contributed by atoms with Crippen molar-refractivity contribution in [2.75, 3.05) is 62.3 Å². The summed E-state index contributed by atoms with van der Waals surface area (Å²) in [6.07, 6.45) is 4.37. The summed E-state index contributed by atoms with van der Waals surface area (Å²) in [5, 5.41) is 0. The van der Waals surface area contributed by atoms with Crippen molar-refractivity contribution in [2.45, 2.75) is 32.2 Å². The van der Waals surface area contributed by atoms with E-state index in [4.69, 9.17) is 19.4 Å². The van der Waals surface area contributed by atoms with Crippen molar-refractivity contribution < 1.29 is 14.3 Å². The number of rotatable bonds is 5. The molecule has 1 aromatic carbocycles. The molecule has 8 nitrogen and oxygen atoms in total. The maximum Gasteiger partial charge on any atom is 0.260 e. The van der Waals surface area contributed by atoms with Crippen LogP contribution < -0.4 is 14.5 Å². The molecule has 0 unspecified atom stereocenters. The number of hydrogen-bond acceptors (Lipinski definition) is 7. The number of nitrogens with zero attached hydrogens (tertiary/aromatic N) is 5. The van der Waals surface area contributed by atoms with Crippen molar-refractivity contribution in [1.82, 2.24) is 14.9 Å². The molecule has 2 fully saturated rings. The summed E-state index contributed by atoms with van der Waals surface area (Å²) in [5.74, 6) is 2.53. The molecule has 3 aliphatic rings. The highest BCUT2D eigenvalue weighted by molar-refractivity contribution is 5.78. The highest BCUT2D eigenvalue weighted by Gasteiger charge is 2.29. The van der Waals surface area contributed by atoms with E-state index in [1.54, 1.807) is 0 Å². The van der Waals surface area contributed by atoms with Crippen LogP contribution in [0.1, 0.15) is 30.5 Å². The second-order valence-electron chi connectivity index (χ2n) is 8.59. The molecule has 8 heteroatoms. The fourth-order valence-corrected chi connectivity index (χ4v) is 4.62. The summed E-state index contributed by atoms with van der Waals surface area (Å²) < 4.78 is 11.2. The Hall–Kier alpha value is -2.87. The molecule has 0 saturated carbocycles. The van der Waals surface area contributed by atoms with Gasteiger partial charge < -0.3 is 24.2 Å². The van der Waals surface area contributed by atoms with Crippen LogP contribution in [0.5, 0.6) is 5.75 Å². The number of ether oxygens (including phenoxy) is 2. The number of amides is 1. The lowest BCUT2D eigenvalue weighted by Crippen LogP contribution is -2.42. The molecule has 0 bridgehead atoms. The van der Waals surface area contributed by atoms with E-state index < -0.39 is 0 Å². The lowest BCUT2D eigenvalue weighted by atomic mass is 10.0. The molecule has 0 aliphatic carbocycles. The van der Waals surface area contributed by atoms with E-state index in [0.717, 1.165) is 55.6 Å². The number of fused-ring (bicyclic) bond motifs is 1. The molecule has 5 rings (SSSR count). The van der Waals surface area contributed by atoms with E-state index in [0.29, 0.717) is 32.1 Å². The number of carbonyl (C=O) groups excluding carboxylic acids is 1. The number of benzene rings is 1. The fourth-order valence-electron chi connectivity index (χ4n) is 4.62. The van der Waals surface area contributed by atoms with Crippen LogP contribution in [-0.2, 0) is 22.5 Å². The van der Waals surface area contributed by atoms with Gasteiger partial charge in [0, 0.05) is 44.7 Å². The fraction of sp³-hybridized carbons (Fsp3) is 0.542. The predicted octanol–water partition coefficient (Wildman–Crippen LogP) is 2.27. The molecule has 4 heterocycles. The van der Waals surface area contributed by atoms with Crippen LogP contribution >= 0.6 is 0 Å². The van der Waals surface area contributed by atoms with Gasteiger partial charge in [0.1, 0.15) is 11.6 Å². The molecule has 1 amide bonds. The Morgan fingerprint density at radius 1 is 0.938 bits per heavy atom. The van der Waals surface area contributed by atoms with Crippen LogP contribution in [0.15, 0.2) is 30.3 Å². The first-order chi connectivity index (χ1) is 15.8. The second kappa shape index (κ2) is 9.73. The maximum absolute atomic E-state index is 12.9. The zero-order valence-corrected chi connectivity index (χ0v) is 18.5. The van der Waals surface area contributed by atoms with E-state index in [9.17, 15) is 4.79 Å². The number of carbonyl (C=O) groups is 1. The van der Waals surface area contributed by atoms with Gasteiger partial charge in [0.15, 0.2) is 6.61 Å². The summed E-state index contributed by atoms with van der Waals surface area (Å²) in [6.45, 7) is 6.33. The first-order valence-corrected chi connectivity index (χ1v) is 11.7. The van der Waals surface area contributed by atoms with Gasteiger partial charge in [-0.2, -0.15) is 4.98 Å². The van der Waals surface area contributed by atoms with Gasteiger partial charge in [0.2, 0.25) is 5.95 Å². The zero-order valence-electron chi connectivity index (χ0n) is 18.5. The Labute approximate surface area is 189 Å². The monoisotopic (exact) mass is 437 g/mol. The van der Waals surface area contributed by atoms with Crippen LogP contribution in [0, 0.1) is 0 Å². The normalized spacial score (nSPS) is 18.9. The van der Waals surface area contributed by atoms with E-state index >= 15 is 0 Å². The molecule has 2 aromatic rings. The van der Waals surface area contributed by atoms with E-state index in [-0.39, 0.29) is 12.5 Å². The Morgan fingerprint density at radius 3 is 2.50 bits per heavy atom. The molecule has 0 atom stereocenters. The number of para-hydroxylation sites is 1. The molecule has 0 radical (unpaired) electrons. The van der Waals surface area contributed by atoms with Crippen molar-refractivity contribution in [1.29, 1.82) is 0 Å².